The van der Waals surface area contributed by atoms with E-state index < -0.39 is 5.82 Å². The number of nitrogens with two attached hydrogens (primary N) is 1. The Morgan fingerprint density at radius 1 is 1.19 bits per heavy atom. The summed E-state index contributed by atoms with van der Waals surface area (Å²) >= 11 is 11.8. The normalized spacial score (nSPS) is 12.2. The standard InChI is InChI=1S/C16H16Cl2FNO/c1-10(20)7-12-3-2-4-15(19)16(12)21-9-11-5-6-13(17)14(18)8-11/h2-6,8,10H,7,9,20H2,1H3. The second kappa shape index (κ2) is 7.12. The van der Waals surface area contributed by atoms with Gasteiger partial charge in [-0.05, 0) is 42.7 Å². The second-order valence-electron chi connectivity index (χ2n) is 4.95. The Balaban J connectivity index is 2.17. The van der Waals surface area contributed by atoms with Crippen molar-refractivity contribution in [3.63, 3.8) is 0 Å². The number of para-hydroxylation sites is 1. The van der Waals surface area contributed by atoms with Gasteiger partial charge in [0.05, 0.1) is 10.0 Å². The van der Waals surface area contributed by atoms with Gasteiger partial charge in [-0.3, -0.25) is 0 Å². The fourth-order valence-electron chi connectivity index (χ4n) is 2.01. The summed E-state index contributed by atoms with van der Waals surface area (Å²) in [4.78, 5) is 0. The Kier molecular flexibility index (Phi) is 5.45. The molecular formula is C16H16Cl2FNO. The average molecular weight is 328 g/mol. The van der Waals surface area contributed by atoms with Crippen molar-refractivity contribution >= 4 is 23.2 Å². The molecule has 0 saturated carbocycles. The highest BCUT2D eigenvalue weighted by molar-refractivity contribution is 6.42. The first-order valence-electron chi connectivity index (χ1n) is 6.57. The second-order valence-corrected chi connectivity index (χ2v) is 5.76. The van der Waals surface area contributed by atoms with Crippen LogP contribution in [0.15, 0.2) is 36.4 Å². The number of rotatable bonds is 5. The molecule has 0 aliphatic heterocycles. The quantitative estimate of drug-likeness (QED) is 0.870. The Morgan fingerprint density at radius 3 is 2.62 bits per heavy atom. The van der Waals surface area contributed by atoms with Gasteiger partial charge in [0.2, 0.25) is 0 Å². The third-order valence-corrected chi connectivity index (χ3v) is 3.70. The first kappa shape index (κ1) is 16.1. The number of hydrogen-bond acceptors (Lipinski definition) is 2. The fourth-order valence-corrected chi connectivity index (χ4v) is 2.33. The predicted molar refractivity (Wildman–Crippen MR) is 84.5 cm³/mol. The van der Waals surface area contributed by atoms with Gasteiger partial charge in [-0.2, -0.15) is 0 Å². The molecule has 2 aromatic carbocycles. The minimum absolute atomic E-state index is 0.0703. The number of benzene rings is 2. The van der Waals surface area contributed by atoms with E-state index in [0.29, 0.717) is 16.5 Å². The van der Waals surface area contributed by atoms with E-state index in [2.05, 4.69) is 0 Å². The third-order valence-electron chi connectivity index (χ3n) is 2.96. The van der Waals surface area contributed by atoms with E-state index in [0.717, 1.165) is 11.1 Å². The largest absolute Gasteiger partial charge is 0.486 e. The third kappa shape index (κ3) is 4.34. The van der Waals surface area contributed by atoms with Crippen LogP contribution in [0.3, 0.4) is 0 Å². The van der Waals surface area contributed by atoms with E-state index in [1.54, 1.807) is 24.3 Å². The van der Waals surface area contributed by atoms with Crippen molar-refractivity contribution in [1.82, 2.24) is 0 Å². The molecule has 5 heteroatoms. The van der Waals surface area contributed by atoms with Crippen LogP contribution in [0.5, 0.6) is 5.75 Å². The maximum absolute atomic E-state index is 13.9. The van der Waals surface area contributed by atoms with E-state index in [1.165, 1.54) is 6.07 Å². The lowest BCUT2D eigenvalue weighted by atomic mass is 10.1. The molecular weight excluding hydrogens is 312 g/mol. The molecule has 21 heavy (non-hydrogen) atoms. The molecule has 1 unspecified atom stereocenters. The monoisotopic (exact) mass is 327 g/mol. The van der Waals surface area contributed by atoms with Crippen LogP contribution in [0.4, 0.5) is 4.39 Å². The number of hydrogen-bond donors (Lipinski definition) is 1. The molecule has 0 heterocycles. The van der Waals surface area contributed by atoms with Gasteiger partial charge in [-0.25, -0.2) is 4.39 Å². The van der Waals surface area contributed by atoms with Gasteiger partial charge >= 0.3 is 0 Å². The minimum atomic E-state index is -0.395. The lowest BCUT2D eigenvalue weighted by Gasteiger charge is -2.14. The molecule has 112 valence electrons. The summed E-state index contributed by atoms with van der Waals surface area (Å²) in [5.41, 5.74) is 7.35. The Hall–Kier alpha value is -1.29. The van der Waals surface area contributed by atoms with Gasteiger partial charge < -0.3 is 10.5 Å². The van der Waals surface area contributed by atoms with Crippen LogP contribution < -0.4 is 10.5 Å². The lowest BCUT2D eigenvalue weighted by molar-refractivity contribution is 0.286. The number of ether oxygens (including phenoxy) is 1. The highest BCUT2D eigenvalue weighted by Gasteiger charge is 2.12. The first-order valence-corrected chi connectivity index (χ1v) is 7.32. The Morgan fingerprint density at radius 2 is 1.95 bits per heavy atom. The van der Waals surface area contributed by atoms with E-state index in [1.807, 2.05) is 13.0 Å². The van der Waals surface area contributed by atoms with E-state index in [-0.39, 0.29) is 18.4 Å². The molecule has 0 saturated heterocycles. The first-order chi connectivity index (χ1) is 9.97. The van der Waals surface area contributed by atoms with Crippen LogP contribution in [0.1, 0.15) is 18.1 Å². The number of halogens is 3. The van der Waals surface area contributed by atoms with E-state index >= 15 is 0 Å². The van der Waals surface area contributed by atoms with Crippen molar-refractivity contribution in [2.75, 3.05) is 0 Å². The van der Waals surface area contributed by atoms with Gasteiger partial charge in [0.15, 0.2) is 11.6 Å². The summed E-state index contributed by atoms with van der Waals surface area (Å²) in [6.07, 6.45) is 0.550. The molecule has 2 aromatic rings. The summed E-state index contributed by atoms with van der Waals surface area (Å²) in [5.74, 6) is -0.158. The minimum Gasteiger partial charge on any atom is -0.486 e. The van der Waals surface area contributed by atoms with Crippen molar-refractivity contribution < 1.29 is 9.13 Å². The Labute approximate surface area is 133 Å². The molecule has 1 atom stereocenters. The zero-order valence-electron chi connectivity index (χ0n) is 11.6. The summed E-state index contributed by atoms with van der Waals surface area (Å²) < 4.78 is 19.6. The summed E-state index contributed by atoms with van der Waals surface area (Å²) in [6, 6.07) is 9.95. The van der Waals surface area contributed by atoms with Crippen LogP contribution in [-0.4, -0.2) is 6.04 Å². The van der Waals surface area contributed by atoms with Crippen LogP contribution in [-0.2, 0) is 13.0 Å². The lowest BCUT2D eigenvalue weighted by Crippen LogP contribution is -2.18. The zero-order chi connectivity index (χ0) is 15.4. The predicted octanol–water partition coefficient (Wildman–Crippen LogP) is 4.60. The van der Waals surface area contributed by atoms with Crippen molar-refractivity contribution in [3.05, 3.63) is 63.4 Å². The van der Waals surface area contributed by atoms with Crippen LogP contribution in [0.25, 0.3) is 0 Å². The van der Waals surface area contributed by atoms with Crippen LogP contribution in [0, 0.1) is 5.82 Å². The Bertz CT molecular complexity index is 632. The molecule has 2 rings (SSSR count). The summed E-state index contributed by atoms with van der Waals surface area (Å²) in [6.45, 7) is 2.08. The molecule has 0 aliphatic rings. The van der Waals surface area contributed by atoms with Crippen molar-refractivity contribution in [2.24, 2.45) is 5.73 Å². The van der Waals surface area contributed by atoms with Crippen LogP contribution in [0.2, 0.25) is 10.0 Å². The van der Waals surface area contributed by atoms with Crippen molar-refractivity contribution in [3.8, 4) is 5.75 Å². The molecule has 0 aliphatic carbocycles. The van der Waals surface area contributed by atoms with Gasteiger partial charge in [-0.1, -0.05) is 41.4 Å². The van der Waals surface area contributed by atoms with Crippen molar-refractivity contribution in [2.45, 2.75) is 26.0 Å². The smallest absolute Gasteiger partial charge is 0.165 e. The van der Waals surface area contributed by atoms with Gasteiger partial charge in [-0.15, -0.1) is 0 Å². The molecule has 0 amide bonds. The summed E-state index contributed by atoms with van der Waals surface area (Å²) in [7, 11) is 0. The highest BCUT2D eigenvalue weighted by atomic mass is 35.5. The molecule has 0 fully saturated rings. The van der Waals surface area contributed by atoms with E-state index in [4.69, 9.17) is 33.7 Å². The molecule has 0 spiro atoms. The molecule has 0 bridgehead atoms. The van der Waals surface area contributed by atoms with Crippen LogP contribution >= 0.6 is 23.2 Å². The van der Waals surface area contributed by atoms with Gasteiger partial charge in [0, 0.05) is 6.04 Å². The maximum atomic E-state index is 13.9. The average Bonchev–Trinajstić information content (AvgIpc) is 2.41. The molecule has 2 nitrogen and oxygen atoms in total. The molecule has 0 radical (unpaired) electrons. The van der Waals surface area contributed by atoms with Crippen molar-refractivity contribution in [1.29, 1.82) is 0 Å². The van der Waals surface area contributed by atoms with Gasteiger partial charge in [0.1, 0.15) is 6.61 Å². The molecule has 2 N–H and O–H groups in total. The zero-order valence-corrected chi connectivity index (χ0v) is 13.1. The highest BCUT2D eigenvalue weighted by Crippen LogP contribution is 2.27. The maximum Gasteiger partial charge on any atom is 0.165 e. The SMILES string of the molecule is CC(N)Cc1cccc(F)c1OCc1ccc(Cl)c(Cl)c1. The van der Waals surface area contributed by atoms with Gasteiger partial charge in [0.25, 0.3) is 0 Å². The summed E-state index contributed by atoms with van der Waals surface area (Å²) in [5, 5.41) is 0.922. The topological polar surface area (TPSA) is 35.2 Å². The molecule has 0 aromatic heterocycles. The van der Waals surface area contributed by atoms with E-state index in [9.17, 15) is 4.39 Å². The fraction of sp³-hybridized carbons (Fsp3) is 0.250.